The molecule has 0 atom stereocenters. The maximum atomic E-state index is 11.6. The monoisotopic (exact) mass is 391 g/mol. The lowest BCUT2D eigenvalue weighted by Crippen LogP contribution is -2.03. The Balaban J connectivity index is 1.49. The number of thioether (sulfide) groups is 1. The number of nitrogens with one attached hydrogen (secondary N) is 1. The highest BCUT2D eigenvalue weighted by atomic mass is 32.2. The smallest absolute Gasteiger partial charge is 0.337 e. The van der Waals surface area contributed by atoms with Crippen molar-refractivity contribution in [2.24, 2.45) is 0 Å². The highest BCUT2D eigenvalue weighted by Crippen LogP contribution is 2.28. The van der Waals surface area contributed by atoms with Crippen molar-refractivity contribution >= 4 is 45.5 Å². The van der Waals surface area contributed by atoms with Gasteiger partial charge in [0, 0.05) is 17.2 Å². The molecule has 130 valence electrons. The molecule has 0 fully saturated rings. The molecule has 0 saturated carbocycles. The number of benzene rings is 1. The van der Waals surface area contributed by atoms with Gasteiger partial charge in [0.2, 0.25) is 5.13 Å². The minimum absolute atomic E-state index is 0.319. The van der Waals surface area contributed by atoms with Gasteiger partial charge in [-0.25, -0.2) is 4.79 Å². The fourth-order valence-electron chi connectivity index (χ4n) is 2.14. The number of ether oxygens (including phenoxy) is 1. The summed E-state index contributed by atoms with van der Waals surface area (Å²) in [6, 6.07) is 11.6. The third kappa shape index (κ3) is 5.29. The number of hydrogen-bond donors (Lipinski definition) is 1. The van der Waals surface area contributed by atoms with Crippen LogP contribution in [0.15, 0.2) is 46.1 Å². The number of hydrogen-bond acceptors (Lipinski definition) is 8. The van der Waals surface area contributed by atoms with Gasteiger partial charge in [-0.15, -0.1) is 21.5 Å². The van der Waals surface area contributed by atoms with Crippen molar-refractivity contribution in [3.63, 3.8) is 0 Å². The van der Waals surface area contributed by atoms with E-state index in [-0.39, 0.29) is 5.97 Å². The first-order valence-corrected chi connectivity index (χ1v) is 10.3. The van der Waals surface area contributed by atoms with E-state index >= 15 is 0 Å². The SMILES string of the molecule is COC(=O)c1cccc(CSc2nnc(NCCc3cccs3)s2)c1. The quantitative estimate of drug-likeness (QED) is 0.455. The topological polar surface area (TPSA) is 64.1 Å². The molecule has 2 heterocycles. The molecular weight excluding hydrogens is 374 g/mol. The molecule has 0 bridgehead atoms. The number of rotatable bonds is 8. The van der Waals surface area contributed by atoms with Gasteiger partial charge in [-0.3, -0.25) is 0 Å². The van der Waals surface area contributed by atoms with Crippen LogP contribution >= 0.6 is 34.4 Å². The molecule has 0 aliphatic rings. The lowest BCUT2D eigenvalue weighted by molar-refractivity contribution is 0.0600. The largest absolute Gasteiger partial charge is 0.465 e. The van der Waals surface area contributed by atoms with Crippen LogP contribution < -0.4 is 5.32 Å². The van der Waals surface area contributed by atoms with Gasteiger partial charge in [0.05, 0.1) is 12.7 Å². The maximum absolute atomic E-state index is 11.6. The summed E-state index contributed by atoms with van der Waals surface area (Å²) in [5.41, 5.74) is 1.61. The number of anilines is 1. The fourth-order valence-corrected chi connectivity index (χ4v) is 4.57. The Morgan fingerprint density at radius 1 is 1.28 bits per heavy atom. The van der Waals surface area contributed by atoms with Crippen molar-refractivity contribution < 1.29 is 9.53 Å². The Morgan fingerprint density at radius 3 is 3.00 bits per heavy atom. The second-order valence-electron chi connectivity index (χ2n) is 5.11. The molecule has 0 aliphatic carbocycles. The van der Waals surface area contributed by atoms with E-state index in [9.17, 15) is 4.79 Å². The van der Waals surface area contributed by atoms with Crippen molar-refractivity contribution in [2.75, 3.05) is 19.0 Å². The van der Waals surface area contributed by atoms with Crippen LogP contribution in [0, 0.1) is 0 Å². The summed E-state index contributed by atoms with van der Waals surface area (Å²) < 4.78 is 5.65. The van der Waals surface area contributed by atoms with Gasteiger partial charge in [-0.1, -0.05) is 41.3 Å². The molecular formula is C17H17N3O2S3. The zero-order valence-corrected chi connectivity index (χ0v) is 16.0. The molecule has 5 nitrogen and oxygen atoms in total. The van der Waals surface area contributed by atoms with Gasteiger partial charge in [0.15, 0.2) is 4.34 Å². The van der Waals surface area contributed by atoms with Crippen molar-refractivity contribution in [1.29, 1.82) is 0 Å². The van der Waals surface area contributed by atoms with E-state index in [2.05, 4.69) is 33.0 Å². The molecule has 0 unspecified atom stereocenters. The number of esters is 1. The summed E-state index contributed by atoms with van der Waals surface area (Å²) in [7, 11) is 1.39. The summed E-state index contributed by atoms with van der Waals surface area (Å²) in [5, 5.41) is 14.6. The van der Waals surface area contributed by atoms with E-state index in [1.54, 1.807) is 40.5 Å². The standard InChI is InChI=1S/C17H17N3O2S3/c1-22-15(21)13-5-2-4-12(10-13)11-24-17-20-19-16(25-17)18-8-7-14-6-3-9-23-14/h2-6,9-10H,7-8,11H2,1H3,(H,18,19). The third-order valence-electron chi connectivity index (χ3n) is 3.34. The van der Waals surface area contributed by atoms with E-state index in [0.29, 0.717) is 5.56 Å². The van der Waals surface area contributed by atoms with Gasteiger partial charge < -0.3 is 10.1 Å². The van der Waals surface area contributed by atoms with Gasteiger partial charge in [-0.2, -0.15) is 0 Å². The maximum Gasteiger partial charge on any atom is 0.337 e. The Bertz CT molecular complexity index is 818. The summed E-state index contributed by atoms with van der Waals surface area (Å²) in [5.74, 6) is 0.411. The molecule has 1 aromatic carbocycles. The summed E-state index contributed by atoms with van der Waals surface area (Å²) >= 11 is 4.92. The Kier molecular flexibility index (Phi) is 6.43. The normalized spacial score (nSPS) is 10.6. The number of carbonyl (C=O) groups excluding carboxylic acids is 1. The van der Waals surface area contributed by atoms with Crippen molar-refractivity contribution in [3.8, 4) is 0 Å². The average Bonchev–Trinajstić information content (AvgIpc) is 3.32. The minimum atomic E-state index is -0.319. The molecule has 0 radical (unpaired) electrons. The lowest BCUT2D eigenvalue weighted by Gasteiger charge is -2.02. The Morgan fingerprint density at radius 2 is 2.20 bits per heavy atom. The second kappa shape index (κ2) is 8.98. The van der Waals surface area contributed by atoms with Crippen LogP contribution in [0.4, 0.5) is 5.13 Å². The molecule has 25 heavy (non-hydrogen) atoms. The van der Waals surface area contributed by atoms with E-state index < -0.39 is 0 Å². The first kappa shape index (κ1) is 17.9. The van der Waals surface area contributed by atoms with Crippen molar-refractivity contribution in [1.82, 2.24) is 10.2 Å². The van der Waals surface area contributed by atoms with Crippen molar-refractivity contribution in [2.45, 2.75) is 16.5 Å². The van der Waals surface area contributed by atoms with Gasteiger partial charge in [0.25, 0.3) is 0 Å². The third-order valence-corrected chi connectivity index (χ3v) is 6.37. The number of aromatic nitrogens is 2. The highest BCUT2D eigenvalue weighted by molar-refractivity contribution is 8.00. The molecule has 0 aliphatic heterocycles. The van der Waals surface area contributed by atoms with Crippen LogP contribution in [0.2, 0.25) is 0 Å². The number of methoxy groups -OCH3 is 1. The Hall–Kier alpha value is -1.90. The number of nitrogens with zero attached hydrogens (tertiary/aromatic N) is 2. The average molecular weight is 392 g/mol. The Labute approximate surface area is 158 Å². The fraction of sp³-hybridized carbons (Fsp3) is 0.235. The van der Waals surface area contributed by atoms with Gasteiger partial charge >= 0.3 is 5.97 Å². The molecule has 0 spiro atoms. The molecule has 0 saturated heterocycles. The number of thiophene rings is 1. The zero-order valence-electron chi connectivity index (χ0n) is 13.6. The van der Waals surface area contributed by atoms with Crippen molar-refractivity contribution in [3.05, 3.63) is 57.8 Å². The summed E-state index contributed by atoms with van der Waals surface area (Å²) in [6.07, 6.45) is 0.986. The minimum Gasteiger partial charge on any atom is -0.465 e. The van der Waals surface area contributed by atoms with Crippen LogP contribution in [0.25, 0.3) is 0 Å². The molecule has 1 N–H and O–H groups in total. The summed E-state index contributed by atoms with van der Waals surface area (Å²) in [4.78, 5) is 12.9. The molecule has 0 amide bonds. The predicted octanol–water partition coefficient (Wildman–Crippen LogP) is 4.33. The van der Waals surface area contributed by atoms with E-state index in [0.717, 1.165) is 33.8 Å². The molecule has 3 aromatic rings. The first-order valence-electron chi connectivity index (χ1n) is 7.64. The lowest BCUT2D eigenvalue weighted by atomic mass is 10.1. The van der Waals surface area contributed by atoms with Crippen LogP contribution in [0.3, 0.4) is 0 Å². The molecule has 3 rings (SSSR count). The molecule has 8 heteroatoms. The highest BCUT2D eigenvalue weighted by Gasteiger charge is 2.08. The van der Waals surface area contributed by atoms with Crippen LogP contribution in [0.1, 0.15) is 20.8 Å². The first-order chi connectivity index (χ1) is 12.2. The van der Waals surface area contributed by atoms with E-state index in [1.807, 2.05) is 18.2 Å². The van der Waals surface area contributed by atoms with Crippen LogP contribution in [-0.2, 0) is 16.9 Å². The van der Waals surface area contributed by atoms with E-state index in [1.165, 1.54) is 12.0 Å². The molecule has 2 aromatic heterocycles. The summed E-state index contributed by atoms with van der Waals surface area (Å²) in [6.45, 7) is 0.848. The van der Waals surface area contributed by atoms with Gasteiger partial charge in [0.1, 0.15) is 0 Å². The van der Waals surface area contributed by atoms with E-state index in [4.69, 9.17) is 4.74 Å². The number of carbonyl (C=O) groups is 1. The van der Waals surface area contributed by atoms with Gasteiger partial charge in [-0.05, 0) is 35.6 Å². The zero-order chi connectivity index (χ0) is 17.5. The van der Waals surface area contributed by atoms with Crippen LogP contribution in [-0.4, -0.2) is 29.8 Å². The predicted molar refractivity (Wildman–Crippen MR) is 104 cm³/mol. The van der Waals surface area contributed by atoms with Crippen LogP contribution in [0.5, 0.6) is 0 Å². The second-order valence-corrected chi connectivity index (χ2v) is 8.34.